The van der Waals surface area contributed by atoms with Crippen molar-refractivity contribution in [2.24, 2.45) is 5.92 Å². The van der Waals surface area contributed by atoms with Crippen LogP contribution in [0.5, 0.6) is 0 Å². The van der Waals surface area contributed by atoms with Crippen LogP contribution in [-0.2, 0) is 24.4 Å². The first kappa shape index (κ1) is 19.4. The van der Waals surface area contributed by atoms with Gasteiger partial charge in [-0.3, -0.25) is 18.8 Å². The van der Waals surface area contributed by atoms with Crippen LogP contribution in [0.4, 0.5) is 0 Å². The molecule has 0 radical (unpaired) electrons. The topological polar surface area (TPSA) is 76.3 Å². The number of hydrogen-bond acceptors (Lipinski definition) is 5. The summed E-state index contributed by atoms with van der Waals surface area (Å²) in [5.41, 5.74) is 3.33. The molecule has 1 amide bonds. The van der Waals surface area contributed by atoms with Crippen molar-refractivity contribution in [1.29, 1.82) is 0 Å². The number of benzene rings is 1. The Bertz CT molecular complexity index is 1180. The van der Waals surface area contributed by atoms with Crippen molar-refractivity contribution < 1.29 is 4.79 Å². The summed E-state index contributed by atoms with van der Waals surface area (Å²) in [5.74, 6) is 0.448. The molecule has 1 saturated heterocycles. The second-order valence-corrected chi connectivity index (χ2v) is 9.18. The lowest BCUT2D eigenvalue weighted by Crippen LogP contribution is -2.53. The van der Waals surface area contributed by atoms with Gasteiger partial charge in [0.25, 0.3) is 5.56 Å². The lowest BCUT2D eigenvalue weighted by atomic mass is 9.78. The average molecular weight is 431 g/mol. The highest BCUT2D eigenvalue weighted by Gasteiger charge is 2.45. The van der Waals surface area contributed by atoms with Crippen LogP contribution >= 0.6 is 0 Å². The molecule has 0 unspecified atom stereocenters. The van der Waals surface area contributed by atoms with Gasteiger partial charge in [-0.25, -0.2) is 4.98 Å². The van der Waals surface area contributed by atoms with Crippen molar-refractivity contribution in [3.63, 3.8) is 0 Å². The van der Waals surface area contributed by atoms with Crippen LogP contribution in [0.15, 0.2) is 59.9 Å². The number of rotatable bonds is 4. The van der Waals surface area contributed by atoms with Gasteiger partial charge in [0.15, 0.2) is 0 Å². The Labute approximate surface area is 186 Å². The van der Waals surface area contributed by atoms with E-state index in [1.54, 1.807) is 23.3 Å². The third-order valence-corrected chi connectivity index (χ3v) is 7.24. The van der Waals surface area contributed by atoms with E-state index in [1.165, 1.54) is 11.1 Å². The molecule has 3 aliphatic rings. The maximum atomic E-state index is 13.9. The molecular weight excluding hydrogens is 404 g/mol. The van der Waals surface area contributed by atoms with Crippen molar-refractivity contribution >= 4 is 5.91 Å². The molecule has 0 aliphatic carbocycles. The Morgan fingerprint density at radius 1 is 1.00 bits per heavy atom. The van der Waals surface area contributed by atoms with E-state index < -0.39 is 6.04 Å². The fourth-order valence-electron chi connectivity index (χ4n) is 5.80. The van der Waals surface area contributed by atoms with E-state index >= 15 is 0 Å². The maximum absolute atomic E-state index is 13.9. The van der Waals surface area contributed by atoms with E-state index in [9.17, 15) is 9.59 Å². The van der Waals surface area contributed by atoms with Crippen molar-refractivity contribution in [3.05, 3.63) is 82.3 Å². The predicted octanol–water partition coefficient (Wildman–Crippen LogP) is 1.64. The maximum Gasteiger partial charge on any atom is 0.251 e. The van der Waals surface area contributed by atoms with Gasteiger partial charge in [0.1, 0.15) is 18.7 Å². The lowest BCUT2D eigenvalue weighted by Gasteiger charge is -2.47. The minimum Gasteiger partial charge on any atom is -0.332 e. The molecule has 32 heavy (non-hydrogen) atoms. The Hall–Kier alpha value is -3.26. The zero-order valence-electron chi connectivity index (χ0n) is 17.9. The molecule has 2 bridgehead atoms. The Morgan fingerprint density at radius 3 is 2.56 bits per heavy atom. The number of pyridine rings is 1. The fourth-order valence-corrected chi connectivity index (χ4v) is 5.80. The lowest BCUT2D eigenvalue weighted by molar-refractivity contribution is -0.139. The summed E-state index contributed by atoms with van der Waals surface area (Å²) >= 11 is 0. The zero-order valence-corrected chi connectivity index (χ0v) is 17.9. The van der Waals surface area contributed by atoms with Gasteiger partial charge in [0.2, 0.25) is 5.91 Å². The minimum absolute atomic E-state index is 0.0664. The first-order chi connectivity index (χ1) is 15.7. The predicted molar refractivity (Wildman–Crippen MR) is 118 cm³/mol. The highest BCUT2D eigenvalue weighted by atomic mass is 16.2. The molecule has 8 nitrogen and oxygen atoms in total. The third kappa shape index (κ3) is 3.26. The summed E-state index contributed by atoms with van der Waals surface area (Å²) in [5, 5.41) is 4.21. The Kier molecular flexibility index (Phi) is 4.68. The molecule has 0 spiro atoms. The largest absolute Gasteiger partial charge is 0.332 e. The number of carbonyl (C=O) groups is 1. The quantitative estimate of drug-likeness (QED) is 0.629. The highest BCUT2D eigenvalue weighted by Crippen LogP contribution is 2.42. The number of piperidine rings is 1. The summed E-state index contributed by atoms with van der Waals surface area (Å²) < 4.78 is 3.64. The summed E-state index contributed by atoms with van der Waals surface area (Å²) in [4.78, 5) is 35.2. The molecule has 164 valence electrons. The number of amides is 1. The molecular formula is C24H26N6O2. The zero-order chi connectivity index (χ0) is 21.7. The van der Waals surface area contributed by atoms with E-state index in [0.717, 1.165) is 38.3 Å². The Morgan fingerprint density at radius 2 is 1.81 bits per heavy atom. The molecule has 5 heterocycles. The van der Waals surface area contributed by atoms with Crippen LogP contribution in [0, 0.1) is 5.92 Å². The fraction of sp³-hybridized carbons (Fsp3) is 0.417. The van der Waals surface area contributed by atoms with Gasteiger partial charge in [-0.05, 0) is 23.6 Å². The van der Waals surface area contributed by atoms with Crippen molar-refractivity contribution in [2.75, 3.05) is 19.6 Å². The van der Waals surface area contributed by atoms with E-state index in [-0.39, 0.29) is 23.3 Å². The second kappa shape index (κ2) is 7.70. The summed E-state index contributed by atoms with van der Waals surface area (Å²) in [7, 11) is 0. The van der Waals surface area contributed by atoms with Gasteiger partial charge in [0.05, 0.1) is 6.54 Å². The van der Waals surface area contributed by atoms with E-state index in [4.69, 9.17) is 0 Å². The summed E-state index contributed by atoms with van der Waals surface area (Å²) in [6.45, 7) is 4.56. The van der Waals surface area contributed by atoms with E-state index in [2.05, 4.69) is 27.1 Å². The van der Waals surface area contributed by atoms with Crippen LogP contribution in [-0.4, -0.2) is 54.7 Å². The number of aromatic nitrogens is 4. The third-order valence-electron chi connectivity index (χ3n) is 7.24. The number of likely N-dealkylation sites (tertiary alicyclic amines) is 1. The molecule has 0 N–H and O–H groups in total. The van der Waals surface area contributed by atoms with Crippen LogP contribution in [0.3, 0.4) is 0 Å². The van der Waals surface area contributed by atoms with Gasteiger partial charge in [0, 0.05) is 56.3 Å². The van der Waals surface area contributed by atoms with Gasteiger partial charge in [-0.1, -0.05) is 30.3 Å². The van der Waals surface area contributed by atoms with Gasteiger partial charge >= 0.3 is 0 Å². The molecule has 3 aliphatic heterocycles. The number of carbonyl (C=O) groups excluding carboxylic acids is 1. The Balaban J connectivity index is 1.30. The monoisotopic (exact) mass is 430 g/mol. The first-order valence-corrected chi connectivity index (χ1v) is 11.3. The van der Waals surface area contributed by atoms with E-state index in [0.29, 0.717) is 13.1 Å². The van der Waals surface area contributed by atoms with Crippen LogP contribution in [0.1, 0.15) is 35.2 Å². The minimum atomic E-state index is -0.446. The molecule has 1 fully saturated rings. The number of fused-ring (bicyclic) bond motifs is 5. The number of nitrogens with zero attached hydrogens (tertiary/aromatic N) is 6. The number of hydrogen-bond donors (Lipinski definition) is 0. The SMILES string of the molecule is O=C([C@H]1[C@@H]2C[C@@H](CN(CCn3cncn3)C2)c2cccc(=O)n21)N1Cc2ccccc2C1. The van der Waals surface area contributed by atoms with Gasteiger partial charge in [-0.2, -0.15) is 5.10 Å². The van der Waals surface area contributed by atoms with Crippen molar-refractivity contribution in [2.45, 2.75) is 38.0 Å². The molecule has 0 saturated carbocycles. The smallest absolute Gasteiger partial charge is 0.251 e. The van der Waals surface area contributed by atoms with Gasteiger partial charge in [-0.15, -0.1) is 0 Å². The highest BCUT2D eigenvalue weighted by molar-refractivity contribution is 5.82. The standard InChI is InChI=1S/C24H26N6O2/c31-22-7-3-6-21-19-10-20(12-27(11-19)8-9-29-16-25-15-26-29)23(30(21)22)24(32)28-13-17-4-1-2-5-18(17)14-28/h1-7,15-16,19-20,23H,8-14H2/t19-,20+,23+/m0/s1. The van der Waals surface area contributed by atoms with Crippen LogP contribution < -0.4 is 5.56 Å². The first-order valence-electron chi connectivity index (χ1n) is 11.3. The molecule has 6 rings (SSSR count). The second-order valence-electron chi connectivity index (χ2n) is 9.18. The van der Waals surface area contributed by atoms with Crippen LogP contribution in [0.25, 0.3) is 0 Å². The molecule has 3 atom stereocenters. The van der Waals surface area contributed by atoms with Crippen molar-refractivity contribution in [3.8, 4) is 0 Å². The van der Waals surface area contributed by atoms with Crippen LogP contribution in [0.2, 0.25) is 0 Å². The van der Waals surface area contributed by atoms with E-state index in [1.807, 2.05) is 33.8 Å². The summed E-state index contributed by atoms with van der Waals surface area (Å²) in [6, 6.07) is 13.2. The van der Waals surface area contributed by atoms with Crippen molar-refractivity contribution in [1.82, 2.24) is 29.1 Å². The molecule has 2 aromatic heterocycles. The molecule has 3 aromatic rings. The molecule has 8 heteroatoms. The average Bonchev–Trinajstić information content (AvgIpc) is 3.48. The molecule has 1 aromatic carbocycles. The van der Waals surface area contributed by atoms with Gasteiger partial charge < -0.3 is 9.80 Å². The summed E-state index contributed by atoms with van der Waals surface area (Å²) in [6.07, 6.45) is 4.23. The normalized spacial score (nSPS) is 24.2.